The molecule has 6 nitrogen and oxygen atoms in total. The van der Waals surface area contributed by atoms with Crippen LogP contribution >= 0.6 is 0 Å². The van der Waals surface area contributed by atoms with Gasteiger partial charge in [0.25, 0.3) is 0 Å². The first-order valence-electron chi connectivity index (χ1n) is 7.52. The zero-order valence-electron chi connectivity index (χ0n) is 14.7. The third-order valence-corrected chi connectivity index (χ3v) is 3.23. The molecule has 0 saturated carbocycles. The minimum absolute atomic E-state index is 0.277. The molecule has 12 heteroatoms. The van der Waals surface area contributed by atoms with E-state index in [0.29, 0.717) is 6.07 Å². The van der Waals surface area contributed by atoms with E-state index in [2.05, 4.69) is 14.2 Å². The molecule has 0 spiro atoms. The summed E-state index contributed by atoms with van der Waals surface area (Å²) in [5.74, 6) is -4.97. The van der Waals surface area contributed by atoms with E-state index >= 15 is 0 Å². The third kappa shape index (κ3) is 5.83. The number of hydrogen-bond donors (Lipinski definition) is 0. The van der Waals surface area contributed by atoms with Crippen molar-refractivity contribution >= 4 is 5.97 Å². The Morgan fingerprint density at radius 1 is 0.966 bits per heavy atom. The Bertz CT molecular complexity index is 883. The Balaban J connectivity index is 2.48. The molecule has 2 rings (SSSR count). The fraction of sp³-hybridized carbons (Fsp3) is 0.235. The minimum Gasteiger partial charge on any atom is -0.493 e. The number of ether oxygens (including phenoxy) is 5. The molecule has 2 aromatic carbocycles. The molecule has 0 aliphatic heterocycles. The van der Waals surface area contributed by atoms with Crippen LogP contribution in [-0.2, 0) is 4.74 Å². The Hall–Kier alpha value is -3.31. The van der Waals surface area contributed by atoms with Crippen molar-refractivity contribution in [2.45, 2.75) is 13.0 Å². The maximum atomic E-state index is 14.3. The molecule has 2 aromatic rings. The number of esters is 1. The summed E-state index contributed by atoms with van der Waals surface area (Å²) in [6, 6.07) is 3.94. The summed E-state index contributed by atoms with van der Waals surface area (Å²) in [6.45, 7) is -3.29. The first kappa shape index (κ1) is 22.0. The number of hydrogen-bond acceptors (Lipinski definition) is 6. The molecule has 0 heterocycles. The average Bonchev–Trinajstić information content (AvgIpc) is 2.60. The van der Waals surface area contributed by atoms with Gasteiger partial charge in [-0.1, -0.05) is 0 Å². The van der Waals surface area contributed by atoms with Gasteiger partial charge < -0.3 is 23.7 Å². The predicted molar refractivity (Wildman–Crippen MR) is 84.1 cm³/mol. The molecule has 29 heavy (non-hydrogen) atoms. The van der Waals surface area contributed by atoms with Crippen LogP contribution in [-0.4, -0.2) is 33.2 Å². The second kappa shape index (κ2) is 8.80. The highest BCUT2D eigenvalue weighted by Crippen LogP contribution is 2.39. The molecule has 0 radical (unpaired) electrons. The maximum Gasteiger partial charge on any atom is 0.573 e. The highest BCUT2D eigenvalue weighted by atomic mass is 19.4. The van der Waals surface area contributed by atoms with Crippen molar-refractivity contribution in [1.29, 1.82) is 0 Å². The Labute approximate surface area is 159 Å². The molecule has 158 valence electrons. The highest BCUT2D eigenvalue weighted by molar-refractivity contribution is 5.93. The van der Waals surface area contributed by atoms with Crippen molar-refractivity contribution < 1.29 is 54.8 Å². The predicted octanol–water partition coefficient (Wildman–Crippen LogP) is 4.91. The van der Waals surface area contributed by atoms with Crippen LogP contribution in [0.15, 0.2) is 30.3 Å². The van der Waals surface area contributed by atoms with Gasteiger partial charge in [0, 0.05) is 18.2 Å². The van der Waals surface area contributed by atoms with E-state index in [-0.39, 0.29) is 11.5 Å². The highest BCUT2D eigenvalue weighted by Gasteiger charge is 2.31. The molecule has 0 amide bonds. The summed E-state index contributed by atoms with van der Waals surface area (Å²) in [7, 11) is 2.04. The van der Waals surface area contributed by atoms with Gasteiger partial charge in [0.2, 0.25) is 0 Å². The van der Waals surface area contributed by atoms with Crippen molar-refractivity contribution in [2.75, 3.05) is 14.2 Å². The number of benzene rings is 2. The zero-order chi connectivity index (χ0) is 21.8. The van der Waals surface area contributed by atoms with Crippen LogP contribution in [0.2, 0.25) is 0 Å². The fourth-order valence-electron chi connectivity index (χ4n) is 2.16. The lowest BCUT2D eigenvalue weighted by atomic mass is 10.1. The smallest absolute Gasteiger partial charge is 0.493 e. The summed E-state index contributed by atoms with van der Waals surface area (Å²) >= 11 is 0. The van der Waals surface area contributed by atoms with E-state index in [9.17, 15) is 31.1 Å². The van der Waals surface area contributed by atoms with E-state index in [1.807, 2.05) is 0 Å². The van der Waals surface area contributed by atoms with Gasteiger partial charge in [-0.25, -0.2) is 9.18 Å². The Morgan fingerprint density at radius 3 is 2.17 bits per heavy atom. The lowest BCUT2D eigenvalue weighted by Gasteiger charge is -2.16. The Morgan fingerprint density at radius 2 is 1.62 bits per heavy atom. The van der Waals surface area contributed by atoms with Crippen LogP contribution in [0, 0.1) is 5.82 Å². The van der Waals surface area contributed by atoms with E-state index in [1.54, 1.807) is 0 Å². The average molecular weight is 426 g/mol. The second-order valence-electron chi connectivity index (χ2n) is 5.11. The van der Waals surface area contributed by atoms with Crippen molar-refractivity contribution in [3.05, 3.63) is 41.7 Å². The normalized spacial score (nSPS) is 11.2. The third-order valence-electron chi connectivity index (χ3n) is 3.23. The van der Waals surface area contributed by atoms with Gasteiger partial charge in [0.15, 0.2) is 11.5 Å². The number of methoxy groups -OCH3 is 2. The molecule has 0 aliphatic rings. The first-order valence-corrected chi connectivity index (χ1v) is 7.52. The molecule has 0 N–H and O–H groups in total. The van der Waals surface area contributed by atoms with Crippen molar-refractivity contribution in [3.63, 3.8) is 0 Å². The van der Waals surface area contributed by atoms with Gasteiger partial charge in [0.05, 0.1) is 14.2 Å². The van der Waals surface area contributed by atoms with E-state index in [1.165, 1.54) is 0 Å². The Kier molecular flexibility index (Phi) is 6.67. The van der Waals surface area contributed by atoms with Crippen LogP contribution in [0.25, 0.3) is 0 Å². The number of rotatable bonds is 7. The maximum absolute atomic E-state index is 14.3. The molecule has 0 bridgehead atoms. The lowest BCUT2D eigenvalue weighted by Crippen LogP contribution is -2.17. The molecule has 0 fully saturated rings. The molecule has 0 unspecified atom stereocenters. The van der Waals surface area contributed by atoms with Crippen LogP contribution in [0.1, 0.15) is 10.4 Å². The summed E-state index contributed by atoms with van der Waals surface area (Å²) in [5.41, 5.74) is -0.758. The van der Waals surface area contributed by atoms with E-state index in [0.717, 1.165) is 38.5 Å². The van der Waals surface area contributed by atoms with Crippen molar-refractivity contribution in [1.82, 2.24) is 0 Å². The van der Waals surface area contributed by atoms with Gasteiger partial charge in [-0.05, 0) is 12.1 Å². The standard InChI is InChI=1S/C17H12F6O6/c1-25-12-6-8(29-17(21,22)23)3-4-11(12)28-13-7-9(27-16(19)20)5-10(18)14(13)15(24)26-2/h3-7,16H,1-2H3. The summed E-state index contributed by atoms with van der Waals surface area (Å²) in [6.07, 6.45) is -4.96. The molecular formula is C17H12F6O6. The number of carbonyl (C=O) groups excluding carboxylic acids is 1. The SMILES string of the molecule is COC(=O)c1c(F)cc(OC(F)F)cc1Oc1ccc(OC(F)(F)F)cc1OC. The summed E-state index contributed by atoms with van der Waals surface area (Å²) in [4.78, 5) is 11.8. The summed E-state index contributed by atoms with van der Waals surface area (Å²) in [5, 5.41) is 0. The fourth-order valence-corrected chi connectivity index (χ4v) is 2.16. The number of carbonyl (C=O) groups is 1. The van der Waals surface area contributed by atoms with Crippen molar-refractivity contribution in [2.24, 2.45) is 0 Å². The minimum atomic E-state index is -4.96. The topological polar surface area (TPSA) is 63.2 Å². The number of alkyl halides is 5. The van der Waals surface area contributed by atoms with Crippen LogP contribution in [0.5, 0.6) is 28.7 Å². The quantitative estimate of drug-likeness (QED) is 0.463. The van der Waals surface area contributed by atoms with Crippen LogP contribution in [0.3, 0.4) is 0 Å². The van der Waals surface area contributed by atoms with Gasteiger partial charge in [-0.15, -0.1) is 13.2 Å². The first-order chi connectivity index (χ1) is 13.5. The molecule has 0 aromatic heterocycles. The molecule has 0 saturated heterocycles. The van der Waals surface area contributed by atoms with Crippen LogP contribution in [0.4, 0.5) is 26.3 Å². The van der Waals surface area contributed by atoms with Gasteiger partial charge in [0.1, 0.15) is 28.6 Å². The van der Waals surface area contributed by atoms with Crippen molar-refractivity contribution in [3.8, 4) is 28.7 Å². The van der Waals surface area contributed by atoms with Gasteiger partial charge >= 0.3 is 18.9 Å². The molecule has 0 atom stereocenters. The second-order valence-corrected chi connectivity index (χ2v) is 5.11. The van der Waals surface area contributed by atoms with Gasteiger partial charge in [-0.2, -0.15) is 8.78 Å². The van der Waals surface area contributed by atoms with Crippen LogP contribution < -0.4 is 18.9 Å². The molecular weight excluding hydrogens is 414 g/mol. The monoisotopic (exact) mass is 426 g/mol. The lowest BCUT2D eigenvalue weighted by molar-refractivity contribution is -0.274. The zero-order valence-corrected chi connectivity index (χ0v) is 14.7. The van der Waals surface area contributed by atoms with E-state index in [4.69, 9.17) is 9.47 Å². The number of halogens is 6. The van der Waals surface area contributed by atoms with Gasteiger partial charge in [-0.3, -0.25) is 0 Å². The molecule has 0 aliphatic carbocycles. The summed E-state index contributed by atoms with van der Waals surface area (Å²) < 4.78 is 98.6. The van der Waals surface area contributed by atoms with E-state index < -0.39 is 47.6 Å². The largest absolute Gasteiger partial charge is 0.573 e.